The van der Waals surface area contributed by atoms with Crippen molar-refractivity contribution in [2.45, 2.75) is 26.4 Å². The summed E-state index contributed by atoms with van der Waals surface area (Å²) in [5.74, 6) is 0. The van der Waals surface area contributed by atoms with Gasteiger partial charge in [-0.1, -0.05) is 13.0 Å². The highest BCUT2D eigenvalue weighted by atomic mass is 79.9. The molecule has 2 nitrogen and oxygen atoms in total. The van der Waals surface area contributed by atoms with Crippen LogP contribution in [-0.2, 0) is 19.5 Å². The Bertz CT molecular complexity index is 482. The molecule has 1 N–H and O–H groups in total. The van der Waals surface area contributed by atoms with Gasteiger partial charge in [0.05, 0.1) is 9.48 Å². The highest BCUT2D eigenvalue weighted by Gasteiger charge is 2.02. The predicted molar refractivity (Wildman–Crippen MR) is 76.2 cm³/mol. The molecule has 2 rings (SSSR count). The van der Waals surface area contributed by atoms with E-state index in [1.807, 2.05) is 12.3 Å². The van der Waals surface area contributed by atoms with Crippen molar-refractivity contribution in [2.75, 3.05) is 0 Å². The van der Waals surface area contributed by atoms with E-state index in [0.717, 1.165) is 25.2 Å². The van der Waals surface area contributed by atoms with Crippen LogP contribution in [0.5, 0.6) is 0 Å². The fraction of sp³-hybridized carbons (Fsp3) is 0.308. The van der Waals surface area contributed by atoms with E-state index in [4.69, 9.17) is 0 Å². The topological polar surface area (TPSA) is 24.9 Å². The van der Waals surface area contributed by atoms with Gasteiger partial charge in [-0.2, -0.15) is 0 Å². The monoisotopic (exact) mass is 310 g/mol. The number of hydrogen-bond acceptors (Lipinski definition) is 3. The minimum atomic E-state index is 0.833. The molecule has 0 saturated carbocycles. The third-order valence-electron chi connectivity index (χ3n) is 2.59. The van der Waals surface area contributed by atoms with Crippen LogP contribution < -0.4 is 5.32 Å². The minimum absolute atomic E-state index is 0.833. The van der Waals surface area contributed by atoms with Crippen LogP contribution in [0.4, 0.5) is 0 Å². The second-order valence-electron chi connectivity index (χ2n) is 3.77. The number of thiophene rings is 1. The Hall–Kier alpha value is -0.710. The molecule has 0 amide bonds. The van der Waals surface area contributed by atoms with E-state index in [1.165, 1.54) is 14.2 Å². The number of nitrogens with zero attached hydrogens (tertiary/aromatic N) is 1. The van der Waals surface area contributed by atoms with E-state index < -0.39 is 0 Å². The van der Waals surface area contributed by atoms with Crippen LogP contribution in [0.25, 0.3) is 0 Å². The molecule has 0 saturated heterocycles. The molecule has 2 heterocycles. The van der Waals surface area contributed by atoms with Gasteiger partial charge in [0.2, 0.25) is 0 Å². The van der Waals surface area contributed by atoms with Crippen LogP contribution in [0.3, 0.4) is 0 Å². The Balaban J connectivity index is 1.89. The summed E-state index contributed by atoms with van der Waals surface area (Å²) in [7, 11) is 0. The van der Waals surface area contributed by atoms with Gasteiger partial charge in [0.1, 0.15) is 0 Å². The number of rotatable bonds is 5. The molecule has 2 aromatic heterocycles. The molecule has 90 valence electrons. The molecule has 0 aliphatic carbocycles. The summed E-state index contributed by atoms with van der Waals surface area (Å²) in [6.07, 6.45) is 2.90. The molecule has 0 fully saturated rings. The first kappa shape index (κ1) is 12.7. The fourth-order valence-corrected chi connectivity index (χ4v) is 3.16. The summed E-state index contributed by atoms with van der Waals surface area (Å²) in [6, 6.07) is 8.37. The lowest BCUT2D eigenvalue weighted by atomic mass is 10.1. The third-order valence-corrected chi connectivity index (χ3v) is 4.21. The Kier molecular flexibility index (Phi) is 4.71. The van der Waals surface area contributed by atoms with E-state index in [9.17, 15) is 0 Å². The molecule has 0 aromatic carbocycles. The van der Waals surface area contributed by atoms with Crippen LogP contribution in [0.2, 0.25) is 0 Å². The summed E-state index contributed by atoms with van der Waals surface area (Å²) in [4.78, 5) is 5.76. The van der Waals surface area contributed by atoms with Crippen LogP contribution >= 0.6 is 27.3 Å². The van der Waals surface area contributed by atoms with Gasteiger partial charge < -0.3 is 5.32 Å². The van der Waals surface area contributed by atoms with Crippen molar-refractivity contribution in [3.05, 3.63) is 50.4 Å². The zero-order chi connectivity index (χ0) is 12.1. The van der Waals surface area contributed by atoms with E-state index in [1.54, 1.807) is 11.3 Å². The summed E-state index contributed by atoms with van der Waals surface area (Å²) >= 11 is 5.24. The van der Waals surface area contributed by atoms with Gasteiger partial charge in [-0.15, -0.1) is 11.3 Å². The normalized spacial score (nSPS) is 10.7. The zero-order valence-corrected chi connectivity index (χ0v) is 12.1. The number of hydrogen-bond donors (Lipinski definition) is 1. The van der Waals surface area contributed by atoms with Crippen molar-refractivity contribution < 1.29 is 0 Å². The molecule has 0 spiro atoms. The largest absolute Gasteiger partial charge is 0.306 e. The van der Waals surface area contributed by atoms with Gasteiger partial charge in [-0.05, 0) is 46.1 Å². The molecule has 0 atom stereocenters. The van der Waals surface area contributed by atoms with Crippen molar-refractivity contribution in [1.29, 1.82) is 0 Å². The maximum atomic E-state index is 4.42. The second kappa shape index (κ2) is 6.28. The lowest BCUT2D eigenvalue weighted by Crippen LogP contribution is -2.14. The first-order valence-electron chi connectivity index (χ1n) is 5.67. The molecule has 0 aliphatic heterocycles. The summed E-state index contributed by atoms with van der Waals surface area (Å²) in [5.41, 5.74) is 2.48. The van der Waals surface area contributed by atoms with E-state index in [-0.39, 0.29) is 0 Å². The van der Waals surface area contributed by atoms with Crippen LogP contribution in [-0.4, -0.2) is 4.98 Å². The van der Waals surface area contributed by atoms with Gasteiger partial charge in [-0.25, -0.2) is 0 Å². The minimum Gasteiger partial charge on any atom is -0.306 e. The molecular formula is C13H15BrN2S. The maximum absolute atomic E-state index is 4.42. The fourth-order valence-electron chi connectivity index (χ4n) is 1.70. The highest BCUT2D eigenvalue weighted by molar-refractivity contribution is 9.11. The lowest BCUT2D eigenvalue weighted by Gasteiger charge is -2.07. The molecule has 0 aliphatic rings. The number of aryl methyl sites for hydroxylation is 1. The van der Waals surface area contributed by atoms with Crippen molar-refractivity contribution in [3.63, 3.8) is 0 Å². The number of pyridine rings is 1. The number of nitrogens with one attached hydrogen (secondary N) is 1. The molecule has 2 aromatic rings. The quantitative estimate of drug-likeness (QED) is 0.909. The molecule has 17 heavy (non-hydrogen) atoms. The summed E-state index contributed by atoms with van der Waals surface area (Å²) < 4.78 is 1.18. The maximum Gasteiger partial charge on any atom is 0.0701 e. The Morgan fingerprint density at radius 3 is 2.88 bits per heavy atom. The van der Waals surface area contributed by atoms with Crippen LogP contribution in [0.1, 0.15) is 23.1 Å². The standard InChI is InChI=1S/C13H15BrN2S/c1-2-10-4-3-7-16-12(10)9-15-8-11-5-6-13(14)17-11/h3-7,15H,2,8-9H2,1H3. The van der Waals surface area contributed by atoms with Gasteiger partial charge in [0, 0.05) is 24.2 Å². The highest BCUT2D eigenvalue weighted by Crippen LogP contribution is 2.21. The Labute approximate surface area is 114 Å². The molecule has 0 bridgehead atoms. The van der Waals surface area contributed by atoms with E-state index in [2.05, 4.69) is 51.4 Å². The summed E-state index contributed by atoms with van der Waals surface area (Å²) in [5, 5.41) is 3.43. The van der Waals surface area contributed by atoms with Crippen molar-refractivity contribution >= 4 is 27.3 Å². The van der Waals surface area contributed by atoms with Crippen LogP contribution in [0, 0.1) is 0 Å². The van der Waals surface area contributed by atoms with Gasteiger partial charge in [0.15, 0.2) is 0 Å². The first-order chi connectivity index (χ1) is 8.29. The number of aromatic nitrogens is 1. The Morgan fingerprint density at radius 2 is 2.18 bits per heavy atom. The average molecular weight is 311 g/mol. The van der Waals surface area contributed by atoms with Gasteiger partial charge >= 0.3 is 0 Å². The van der Waals surface area contributed by atoms with Gasteiger partial charge in [0.25, 0.3) is 0 Å². The molecular weight excluding hydrogens is 296 g/mol. The van der Waals surface area contributed by atoms with Crippen molar-refractivity contribution in [2.24, 2.45) is 0 Å². The second-order valence-corrected chi connectivity index (χ2v) is 6.32. The SMILES string of the molecule is CCc1cccnc1CNCc1ccc(Br)s1. The predicted octanol–water partition coefficient (Wildman–Crippen LogP) is 3.76. The average Bonchev–Trinajstić information content (AvgIpc) is 2.76. The Morgan fingerprint density at radius 1 is 1.29 bits per heavy atom. The van der Waals surface area contributed by atoms with Crippen LogP contribution in [0.15, 0.2) is 34.2 Å². The molecule has 4 heteroatoms. The third kappa shape index (κ3) is 3.63. The van der Waals surface area contributed by atoms with E-state index in [0.29, 0.717) is 0 Å². The molecule has 0 radical (unpaired) electrons. The number of halogens is 1. The van der Waals surface area contributed by atoms with Gasteiger partial charge in [-0.3, -0.25) is 4.98 Å². The van der Waals surface area contributed by atoms with Crippen molar-refractivity contribution in [1.82, 2.24) is 10.3 Å². The van der Waals surface area contributed by atoms with Crippen molar-refractivity contribution in [3.8, 4) is 0 Å². The van der Waals surface area contributed by atoms with E-state index >= 15 is 0 Å². The lowest BCUT2D eigenvalue weighted by molar-refractivity contribution is 0.680. The first-order valence-corrected chi connectivity index (χ1v) is 7.28. The summed E-state index contributed by atoms with van der Waals surface area (Å²) in [6.45, 7) is 3.90. The molecule has 0 unspecified atom stereocenters. The zero-order valence-electron chi connectivity index (χ0n) is 9.74. The smallest absolute Gasteiger partial charge is 0.0701 e.